The number of rotatable bonds is 3. The van der Waals surface area contributed by atoms with Crippen LogP contribution in [0.5, 0.6) is 0 Å². The number of likely N-dealkylation sites (tertiary alicyclic amines) is 1. The predicted octanol–water partition coefficient (Wildman–Crippen LogP) is 3.02. The molecule has 1 fully saturated rings. The summed E-state index contributed by atoms with van der Waals surface area (Å²) in [5, 5.41) is 6.00. The predicted molar refractivity (Wildman–Crippen MR) is 91.7 cm³/mol. The number of amides is 1. The van der Waals surface area contributed by atoms with Gasteiger partial charge in [0.1, 0.15) is 0 Å². The number of aryl methyl sites for hydroxylation is 1. The molecular weight excluding hydrogens is 306 g/mol. The summed E-state index contributed by atoms with van der Waals surface area (Å²) >= 11 is 1.88. The Kier molecular flexibility index (Phi) is 4.14. The van der Waals surface area contributed by atoms with Crippen LogP contribution in [0.4, 0.5) is 0 Å². The first kappa shape index (κ1) is 14.8. The van der Waals surface area contributed by atoms with Gasteiger partial charge in [-0.05, 0) is 54.8 Å². The highest BCUT2D eigenvalue weighted by molar-refractivity contribution is 7.10. The van der Waals surface area contributed by atoms with Crippen LogP contribution < -0.4 is 5.32 Å². The van der Waals surface area contributed by atoms with Crippen LogP contribution in [0.2, 0.25) is 0 Å². The highest BCUT2D eigenvalue weighted by Crippen LogP contribution is 2.34. The molecule has 1 N–H and O–H groups in total. The van der Waals surface area contributed by atoms with E-state index in [0.29, 0.717) is 12.1 Å². The van der Waals surface area contributed by atoms with Crippen LogP contribution in [0, 0.1) is 0 Å². The van der Waals surface area contributed by atoms with Crippen LogP contribution in [-0.4, -0.2) is 34.9 Å². The first-order valence-corrected chi connectivity index (χ1v) is 9.21. The molecule has 2 aromatic rings. The van der Waals surface area contributed by atoms with Crippen LogP contribution in [-0.2, 0) is 6.42 Å². The van der Waals surface area contributed by atoms with Crippen molar-refractivity contribution < 1.29 is 4.79 Å². The second-order valence-electron chi connectivity index (χ2n) is 6.38. The van der Waals surface area contributed by atoms with E-state index in [2.05, 4.69) is 21.7 Å². The number of fused-ring (bicyclic) bond motifs is 1. The standard InChI is InChI=1S/C18H21N3OS/c22-18(13-4-8-19-9-5-13)21-10-6-14(12-21)20-16-2-1-3-17-15(16)7-11-23-17/h4-5,7-9,11,14,16,20H,1-3,6,10,12H2/t14-,16+/m1/s1. The average Bonchev–Trinajstić information content (AvgIpc) is 3.25. The zero-order chi connectivity index (χ0) is 15.6. The van der Waals surface area contributed by atoms with Crippen LogP contribution in [0.15, 0.2) is 36.0 Å². The molecule has 23 heavy (non-hydrogen) atoms. The lowest BCUT2D eigenvalue weighted by molar-refractivity contribution is 0.0788. The number of pyridine rings is 1. The third-order valence-corrected chi connectivity index (χ3v) is 5.89. The van der Waals surface area contributed by atoms with Gasteiger partial charge < -0.3 is 10.2 Å². The molecule has 0 saturated carbocycles. The zero-order valence-corrected chi connectivity index (χ0v) is 13.9. The molecule has 4 nitrogen and oxygen atoms in total. The lowest BCUT2D eigenvalue weighted by Gasteiger charge is -2.27. The molecule has 2 aliphatic rings. The highest BCUT2D eigenvalue weighted by atomic mass is 32.1. The van der Waals surface area contributed by atoms with Crippen molar-refractivity contribution in [3.05, 3.63) is 52.0 Å². The Balaban J connectivity index is 1.39. The quantitative estimate of drug-likeness (QED) is 0.942. The van der Waals surface area contributed by atoms with E-state index in [9.17, 15) is 4.79 Å². The topological polar surface area (TPSA) is 45.2 Å². The van der Waals surface area contributed by atoms with Crippen LogP contribution in [0.1, 0.15) is 46.1 Å². The average molecular weight is 327 g/mol. The summed E-state index contributed by atoms with van der Waals surface area (Å²) in [6.45, 7) is 1.64. The van der Waals surface area contributed by atoms with Crippen molar-refractivity contribution in [2.75, 3.05) is 13.1 Å². The van der Waals surface area contributed by atoms with Crippen molar-refractivity contribution >= 4 is 17.2 Å². The summed E-state index contributed by atoms with van der Waals surface area (Å²) in [6, 6.07) is 6.72. The van der Waals surface area contributed by atoms with Gasteiger partial charge >= 0.3 is 0 Å². The Bertz CT molecular complexity index is 685. The Hall–Kier alpha value is -1.72. The Morgan fingerprint density at radius 3 is 3.00 bits per heavy atom. The van der Waals surface area contributed by atoms with E-state index < -0.39 is 0 Å². The molecule has 1 amide bonds. The molecule has 3 heterocycles. The minimum Gasteiger partial charge on any atom is -0.337 e. The molecule has 5 heteroatoms. The molecule has 0 bridgehead atoms. The fraction of sp³-hybridized carbons (Fsp3) is 0.444. The van der Waals surface area contributed by atoms with Crippen LogP contribution in [0.3, 0.4) is 0 Å². The van der Waals surface area contributed by atoms with Gasteiger partial charge in [-0.1, -0.05) is 0 Å². The van der Waals surface area contributed by atoms with E-state index in [1.807, 2.05) is 16.2 Å². The highest BCUT2D eigenvalue weighted by Gasteiger charge is 2.30. The Morgan fingerprint density at radius 1 is 1.26 bits per heavy atom. The molecule has 1 aliphatic heterocycles. The second-order valence-corrected chi connectivity index (χ2v) is 7.38. The molecule has 0 spiro atoms. The van der Waals surface area contributed by atoms with Crippen molar-refractivity contribution in [2.24, 2.45) is 0 Å². The fourth-order valence-corrected chi connectivity index (χ4v) is 4.69. The van der Waals surface area contributed by atoms with Crippen molar-refractivity contribution in [3.63, 3.8) is 0 Å². The molecule has 1 aliphatic carbocycles. The lowest BCUT2D eigenvalue weighted by atomic mass is 9.93. The normalized spacial score (nSPS) is 23.7. The van der Waals surface area contributed by atoms with E-state index in [0.717, 1.165) is 25.1 Å². The summed E-state index contributed by atoms with van der Waals surface area (Å²) in [7, 11) is 0. The van der Waals surface area contributed by atoms with Crippen LogP contribution >= 0.6 is 11.3 Å². The minimum absolute atomic E-state index is 0.122. The molecule has 4 rings (SSSR count). The second kappa shape index (κ2) is 6.42. The number of hydrogen-bond donors (Lipinski definition) is 1. The van der Waals surface area contributed by atoms with Gasteiger partial charge in [-0.3, -0.25) is 9.78 Å². The number of nitrogens with one attached hydrogen (secondary N) is 1. The molecule has 0 radical (unpaired) electrons. The zero-order valence-electron chi connectivity index (χ0n) is 13.1. The maximum Gasteiger partial charge on any atom is 0.254 e. The first-order valence-electron chi connectivity index (χ1n) is 8.33. The third kappa shape index (κ3) is 3.03. The fourth-order valence-electron chi connectivity index (χ4n) is 3.70. The maximum absolute atomic E-state index is 12.5. The molecule has 1 saturated heterocycles. The van der Waals surface area contributed by atoms with Crippen molar-refractivity contribution in [3.8, 4) is 0 Å². The number of hydrogen-bond acceptors (Lipinski definition) is 4. The molecule has 2 aromatic heterocycles. The van der Waals surface area contributed by atoms with E-state index >= 15 is 0 Å². The van der Waals surface area contributed by atoms with Gasteiger partial charge in [0, 0.05) is 48.0 Å². The number of thiophene rings is 1. The number of aromatic nitrogens is 1. The summed E-state index contributed by atoms with van der Waals surface area (Å²) in [5.41, 5.74) is 2.22. The van der Waals surface area contributed by atoms with Crippen molar-refractivity contribution in [1.82, 2.24) is 15.2 Å². The lowest BCUT2D eigenvalue weighted by Crippen LogP contribution is -2.38. The van der Waals surface area contributed by atoms with Gasteiger partial charge in [-0.15, -0.1) is 11.3 Å². The molecule has 0 unspecified atom stereocenters. The van der Waals surface area contributed by atoms with Crippen molar-refractivity contribution in [2.45, 2.75) is 37.8 Å². The summed E-state index contributed by atoms with van der Waals surface area (Å²) in [5.74, 6) is 0.122. The molecule has 0 aromatic carbocycles. The van der Waals surface area contributed by atoms with Gasteiger partial charge in [0.15, 0.2) is 0 Å². The third-order valence-electron chi connectivity index (χ3n) is 4.89. The van der Waals surface area contributed by atoms with Gasteiger partial charge in [0.25, 0.3) is 5.91 Å². The maximum atomic E-state index is 12.5. The van der Waals surface area contributed by atoms with Crippen molar-refractivity contribution in [1.29, 1.82) is 0 Å². The monoisotopic (exact) mass is 327 g/mol. The smallest absolute Gasteiger partial charge is 0.254 e. The van der Waals surface area contributed by atoms with E-state index in [4.69, 9.17) is 0 Å². The van der Waals surface area contributed by atoms with Gasteiger partial charge in [-0.25, -0.2) is 0 Å². The van der Waals surface area contributed by atoms with Crippen LogP contribution in [0.25, 0.3) is 0 Å². The largest absolute Gasteiger partial charge is 0.337 e. The van der Waals surface area contributed by atoms with Gasteiger partial charge in [-0.2, -0.15) is 0 Å². The summed E-state index contributed by atoms with van der Waals surface area (Å²) < 4.78 is 0. The molecular formula is C18H21N3OS. The SMILES string of the molecule is O=C(c1ccncc1)N1CC[C@@H](N[C@H]2CCCc3sccc32)C1. The molecule has 2 atom stereocenters. The van der Waals surface area contributed by atoms with E-state index in [-0.39, 0.29) is 5.91 Å². The molecule has 120 valence electrons. The minimum atomic E-state index is 0.122. The first-order chi connectivity index (χ1) is 11.3. The number of carbonyl (C=O) groups excluding carboxylic acids is 1. The summed E-state index contributed by atoms with van der Waals surface area (Å²) in [6.07, 6.45) is 8.09. The number of nitrogens with zero attached hydrogens (tertiary/aromatic N) is 2. The van der Waals surface area contributed by atoms with Gasteiger partial charge in [0.05, 0.1) is 0 Å². The summed E-state index contributed by atoms with van der Waals surface area (Å²) in [4.78, 5) is 20.0. The number of carbonyl (C=O) groups is 1. The van der Waals surface area contributed by atoms with Gasteiger partial charge in [0.2, 0.25) is 0 Å². The Labute approximate surface area is 140 Å². The van der Waals surface area contributed by atoms with E-state index in [1.165, 1.54) is 29.7 Å². The Morgan fingerprint density at radius 2 is 2.13 bits per heavy atom. The van der Waals surface area contributed by atoms with E-state index in [1.54, 1.807) is 24.5 Å².